The van der Waals surface area contributed by atoms with Gasteiger partial charge in [0.05, 0.1) is 26.6 Å². The highest BCUT2D eigenvalue weighted by Gasteiger charge is 2.09. The predicted molar refractivity (Wildman–Crippen MR) is 94.2 cm³/mol. The van der Waals surface area contributed by atoms with Crippen LogP contribution in [0, 0.1) is 14.9 Å². The Hall–Kier alpha value is -1.64. The second-order valence-corrected chi connectivity index (χ2v) is 6.19. The van der Waals surface area contributed by atoms with E-state index in [4.69, 9.17) is 16.9 Å². The van der Waals surface area contributed by atoms with Crippen LogP contribution in [-0.4, -0.2) is 4.98 Å². The lowest BCUT2D eigenvalue weighted by Gasteiger charge is -2.08. The molecule has 2 aromatic carbocycles. The minimum absolute atomic E-state index is 0.429. The smallest absolute Gasteiger partial charge is 0.0796 e. The van der Waals surface area contributed by atoms with Crippen molar-refractivity contribution in [2.45, 2.75) is 6.42 Å². The molecule has 1 aromatic heterocycles. The zero-order valence-corrected chi connectivity index (χ0v) is 13.9. The predicted octanol–water partition coefficient (Wildman–Crippen LogP) is 5.23. The van der Waals surface area contributed by atoms with Gasteiger partial charge in [0.2, 0.25) is 0 Å². The number of halogens is 2. The molecule has 1 heterocycles. The number of para-hydroxylation sites is 1. The van der Waals surface area contributed by atoms with Crippen LogP contribution < -0.4 is 0 Å². The summed E-state index contributed by atoms with van der Waals surface area (Å²) in [5.74, 6) is 0. The Labute approximate surface area is 141 Å². The summed E-state index contributed by atoms with van der Waals surface area (Å²) in [6.07, 6.45) is 2.22. The summed E-state index contributed by atoms with van der Waals surface area (Å²) in [4.78, 5) is 4.53. The number of hydrogen-bond donors (Lipinski definition) is 0. The Morgan fingerprint density at radius 1 is 1.14 bits per heavy atom. The second kappa shape index (κ2) is 6.00. The highest BCUT2D eigenvalue weighted by atomic mass is 127. The van der Waals surface area contributed by atoms with Crippen molar-refractivity contribution in [1.29, 1.82) is 5.26 Å². The third-order valence-electron chi connectivity index (χ3n) is 3.34. The molecule has 4 heteroatoms. The molecule has 0 saturated heterocycles. The van der Waals surface area contributed by atoms with Gasteiger partial charge in [-0.05, 0) is 33.7 Å². The fourth-order valence-electron chi connectivity index (χ4n) is 2.29. The van der Waals surface area contributed by atoms with Gasteiger partial charge in [0.25, 0.3) is 0 Å². The van der Waals surface area contributed by atoms with Gasteiger partial charge in [0.1, 0.15) is 0 Å². The second-order valence-electron chi connectivity index (χ2n) is 4.65. The van der Waals surface area contributed by atoms with Crippen molar-refractivity contribution in [2.24, 2.45) is 0 Å². The van der Waals surface area contributed by atoms with Crippen LogP contribution in [0.1, 0.15) is 5.56 Å². The van der Waals surface area contributed by atoms with Gasteiger partial charge < -0.3 is 0 Å². The number of nitrogens with zero attached hydrogens (tertiary/aromatic N) is 2. The largest absolute Gasteiger partial charge is 0.254 e. The molecule has 3 aromatic rings. The Kier molecular flexibility index (Phi) is 4.09. The van der Waals surface area contributed by atoms with Crippen LogP contribution >= 0.6 is 34.2 Å². The van der Waals surface area contributed by atoms with Crippen LogP contribution in [-0.2, 0) is 6.42 Å². The average molecular weight is 405 g/mol. The average Bonchev–Trinajstić information content (AvgIpc) is 2.52. The number of aromatic nitrogens is 1. The van der Waals surface area contributed by atoms with Crippen molar-refractivity contribution in [1.82, 2.24) is 4.98 Å². The molecule has 0 bridgehead atoms. The summed E-state index contributed by atoms with van der Waals surface area (Å²) in [5, 5.41) is 10.4. The van der Waals surface area contributed by atoms with Crippen molar-refractivity contribution in [2.75, 3.05) is 0 Å². The van der Waals surface area contributed by atoms with E-state index in [9.17, 15) is 0 Å². The summed E-state index contributed by atoms with van der Waals surface area (Å²) < 4.78 is 0.947. The first-order valence-corrected chi connectivity index (χ1v) is 7.85. The van der Waals surface area contributed by atoms with Gasteiger partial charge in [0, 0.05) is 17.1 Å². The molecule has 0 aliphatic rings. The van der Waals surface area contributed by atoms with E-state index in [0.717, 1.165) is 36.2 Å². The molecule has 0 spiro atoms. The summed E-state index contributed by atoms with van der Waals surface area (Å²) in [5.41, 5.74) is 4.04. The first kappa shape index (κ1) is 14.3. The van der Waals surface area contributed by atoms with Crippen molar-refractivity contribution in [3.05, 3.63) is 62.8 Å². The number of benzene rings is 2. The van der Waals surface area contributed by atoms with Gasteiger partial charge in [-0.3, -0.25) is 4.98 Å². The Morgan fingerprint density at radius 2 is 1.90 bits per heavy atom. The Balaban J connectivity index is 2.17. The standard InChI is InChI=1S/C17H10ClIN2/c18-16-14-3-1-2-13(17(14)21-10-15(16)19)12-6-4-11(5-7-12)8-9-20/h1-7,10H,8H2. The Bertz CT molecular complexity index is 851. The molecular formula is C17H10ClIN2. The molecule has 21 heavy (non-hydrogen) atoms. The molecular weight excluding hydrogens is 395 g/mol. The minimum Gasteiger partial charge on any atom is -0.254 e. The number of pyridine rings is 1. The van der Waals surface area contributed by atoms with Gasteiger partial charge in [-0.1, -0.05) is 54.1 Å². The maximum Gasteiger partial charge on any atom is 0.0796 e. The van der Waals surface area contributed by atoms with Crippen molar-refractivity contribution in [3.8, 4) is 17.2 Å². The molecule has 3 rings (SSSR count). The van der Waals surface area contributed by atoms with E-state index >= 15 is 0 Å². The highest BCUT2D eigenvalue weighted by Crippen LogP contribution is 2.33. The number of rotatable bonds is 2. The SMILES string of the molecule is N#CCc1ccc(-c2cccc3c(Cl)c(I)cnc23)cc1. The maximum atomic E-state index is 8.73. The van der Waals surface area contributed by atoms with Gasteiger partial charge in [0.15, 0.2) is 0 Å². The van der Waals surface area contributed by atoms with E-state index in [1.165, 1.54) is 0 Å². The monoisotopic (exact) mass is 404 g/mol. The molecule has 0 aliphatic carbocycles. The molecule has 0 unspecified atom stereocenters. The summed E-state index contributed by atoms with van der Waals surface area (Å²) in [6, 6.07) is 16.2. The number of fused-ring (bicyclic) bond motifs is 1. The van der Waals surface area contributed by atoms with Crippen molar-refractivity contribution in [3.63, 3.8) is 0 Å². The highest BCUT2D eigenvalue weighted by molar-refractivity contribution is 14.1. The number of hydrogen-bond acceptors (Lipinski definition) is 2. The molecule has 0 radical (unpaired) electrons. The third kappa shape index (κ3) is 2.74. The van der Waals surface area contributed by atoms with E-state index < -0.39 is 0 Å². The Morgan fingerprint density at radius 3 is 2.62 bits per heavy atom. The summed E-state index contributed by atoms with van der Waals surface area (Å²) in [7, 11) is 0. The zero-order chi connectivity index (χ0) is 14.8. The van der Waals surface area contributed by atoms with E-state index in [0.29, 0.717) is 6.42 Å². The van der Waals surface area contributed by atoms with Crippen LogP contribution in [0.15, 0.2) is 48.7 Å². The lowest BCUT2D eigenvalue weighted by Crippen LogP contribution is -1.89. The molecule has 0 aliphatic heterocycles. The maximum absolute atomic E-state index is 8.73. The van der Waals surface area contributed by atoms with Gasteiger partial charge in [-0.2, -0.15) is 5.26 Å². The van der Waals surface area contributed by atoms with E-state index in [1.807, 2.05) is 42.5 Å². The molecule has 2 nitrogen and oxygen atoms in total. The van der Waals surface area contributed by atoms with Crippen LogP contribution in [0.25, 0.3) is 22.0 Å². The molecule has 0 atom stereocenters. The van der Waals surface area contributed by atoms with Crippen molar-refractivity contribution >= 4 is 45.1 Å². The normalized spacial score (nSPS) is 10.5. The van der Waals surface area contributed by atoms with Crippen LogP contribution in [0.2, 0.25) is 5.02 Å². The van der Waals surface area contributed by atoms with E-state index in [-0.39, 0.29) is 0 Å². The first-order valence-electron chi connectivity index (χ1n) is 6.39. The lowest BCUT2D eigenvalue weighted by atomic mass is 10.0. The minimum atomic E-state index is 0.429. The third-order valence-corrected chi connectivity index (χ3v) is 4.88. The first-order chi connectivity index (χ1) is 10.2. The topological polar surface area (TPSA) is 36.7 Å². The molecule has 0 amide bonds. The fourth-order valence-corrected chi connectivity index (χ4v) is 2.92. The van der Waals surface area contributed by atoms with Crippen LogP contribution in [0.3, 0.4) is 0 Å². The van der Waals surface area contributed by atoms with E-state index in [2.05, 4.69) is 33.6 Å². The molecule has 0 N–H and O–H groups in total. The molecule has 0 saturated carbocycles. The fraction of sp³-hybridized carbons (Fsp3) is 0.0588. The van der Waals surface area contributed by atoms with Gasteiger partial charge in [-0.25, -0.2) is 0 Å². The van der Waals surface area contributed by atoms with Crippen LogP contribution in [0.5, 0.6) is 0 Å². The quantitative estimate of drug-likeness (QED) is 0.549. The summed E-state index contributed by atoms with van der Waals surface area (Å²) in [6.45, 7) is 0. The lowest BCUT2D eigenvalue weighted by molar-refractivity contribution is 1.26. The number of nitriles is 1. The summed E-state index contributed by atoms with van der Waals surface area (Å²) >= 11 is 8.56. The molecule has 0 fully saturated rings. The van der Waals surface area contributed by atoms with Crippen LogP contribution in [0.4, 0.5) is 0 Å². The van der Waals surface area contributed by atoms with Crippen molar-refractivity contribution < 1.29 is 0 Å². The zero-order valence-electron chi connectivity index (χ0n) is 11.0. The van der Waals surface area contributed by atoms with E-state index in [1.54, 1.807) is 6.20 Å². The molecule has 102 valence electrons. The van der Waals surface area contributed by atoms with Gasteiger partial charge in [-0.15, -0.1) is 0 Å². The van der Waals surface area contributed by atoms with Gasteiger partial charge >= 0.3 is 0 Å².